The molecule has 0 amide bonds. The van der Waals surface area contributed by atoms with Gasteiger partial charge in [-0.1, -0.05) is 55.4 Å². The topological polar surface area (TPSA) is 26.3 Å². The van der Waals surface area contributed by atoms with E-state index in [9.17, 15) is 4.79 Å². The van der Waals surface area contributed by atoms with Crippen LogP contribution in [0.25, 0.3) is 0 Å². The van der Waals surface area contributed by atoms with Crippen LogP contribution in [0.4, 0.5) is 0 Å². The predicted octanol–water partition coefficient (Wildman–Crippen LogP) is 5.11. The first kappa shape index (κ1) is 19.6. The molecule has 0 N–H and O–H groups in total. The first-order valence-corrected chi connectivity index (χ1v) is 7.89. The number of carbonyl (C=O) groups excluding carboxylic acids is 1. The number of ketones is 1. The highest BCUT2D eigenvalue weighted by Crippen LogP contribution is 2.43. The zero-order valence-corrected chi connectivity index (χ0v) is 15.4. The van der Waals surface area contributed by atoms with E-state index in [4.69, 9.17) is 4.74 Å². The first-order chi connectivity index (χ1) is 8.76. The van der Waals surface area contributed by atoms with E-state index >= 15 is 0 Å². The van der Waals surface area contributed by atoms with Crippen molar-refractivity contribution in [2.75, 3.05) is 6.61 Å². The highest BCUT2D eigenvalue weighted by molar-refractivity contribution is 5.82. The van der Waals surface area contributed by atoms with Crippen LogP contribution in [-0.4, -0.2) is 18.5 Å². The Labute approximate surface area is 126 Å². The van der Waals surface area contributed by atoms with Crippen molar-refractivity contribution in [1.29, 1.82) is 0 Å². The van der Waals surface area contributed by atoms with Crippen LogP contribution in [0, 0.1) is 22.2 Å². The van der Waals surface area contributed by atoms with Crippen molar-refractivity contribution >= 4 is 5.78 Å². The second kappa shape index (κ2) is 6.60. The van der Waals surface area contributed by atoms with Crippen molar-refractivity contribution in [2.45, 2.75) is 81.8 Å². The molecular formula is C18H36O2. The lowest BCUT2D eigenvalue weighted by Gasteiger charge is -2.44. The molecule has 0 rings (SSSR count). The van der Waals surface area contributed by atoms with Crippen LogP contribution in [0.5, 0.6) is 0 Å². The van der Waals surface area contributed by atoms with Crippen molar-refractivity contribution < 1.29 is 9.53 Å². The highest BCUT2D eigenvalue weighted by Gasteiger charge is 2.45. The van der Waals surface area contributed by atoms with E-state index in [0.29, 0.717) is 11.3 Å². The van der Waals surface area contributed by atoms with Crippen molar-refractivity contribution in [3.63, 3.8) is 0 Å². The fraction of sp³-hybridized carbons (Fsp3) is 0.944. The Morgan fingerprint density at radius 2 is 1.45 bits per heavy atom. The molecule has 0 spiro atoms. The molecule has 0 bridgehead atoms. The third-order valence-corrected chi connectivity index (χ3v) is 6.18. The molecule has 2 nitrogen and oxygen atoms in total. The maximum atomic E-state index is 11.9. The van der Waals surface area contributed by atoms with Crippen molar-refractivity contribution in [3.05, 3.63) is 0 Å². The Hall–Kier alpha value is -0.370. The van der Waals surface area contributed by atoms with Gasteiger partial charge in [-0.2, -0.15) is 0 Å². The van der Waals surface area contributed by atoms with Gasteiger partial charge in [0.15, 0.2) is 0 Å². The zero-order valence-electron chi connectivity index (χ0n) is 15.4. The summed E-state index contributed by atoms with van der Waals surface area (Å²) in [6.07, 6.45) is 1.11. The summed E-state index contributed by atoms with van der Waals surface area (Å²) in [6.45, 7) is 21.9. The Morgan fingerprint density at radius 3 is 1.80 bits per heavy atom. The number of Topliss-reactive ketones (excluding diaryl/α,β-unsaturated/α-hetero) is 1. The molecule has 0 aliphatic carbocycles. The molecule has 1 atom stereocenters. The van der Waals surface area contributed by atoms with Gasteiger partial charge in [0.1, 0.15) is 5.78 Å². The fourth-order valence-corrected chi connectivity index (χ4v) is 1.96. The predicted molar refractivity (Wildman–Crippen MR) is 86.9 cm³/mol. The smallest absolute Gasteiger partial charge is 0.136 e. The third kappa shape index (κ3) is 4.31. The Kier molecular flexibility index (Phi) is 6.47. The van der Waals surface area contributed by atoms with Crippen molar-refractivity contribution in [1.82, 2.24) is 0 Å². The second-order valence-corrected chi connectivity index (χ2v) is 8.31. The van der Waals surface area contributed by atoms with Gasteiger partial charge in [-0.25, -0.2) is 0 Å². The first-order valence-electron chi connectivity index (χ1n) is 7.89. The van der Waals surface area contributed by atoms with Gasteiger partial charge in [0, 0.05) is 17.4 Å². The van der Waals surface area contributed by atoms with Gasteiger partial charge in [-0.05, 0) is 31.6 Å². The van der Waals surface area contributed by atoms with Crippen LogP contribution in [0.15, 0.2) is 0 Å². The van der Waals surface area contributed by atoms with Gasteiger partial charge in [0.2, 0.25) is 0 Å². The van der Waals surface area contributed by atoms with Gasteiger partial charge in [0.05, 0.1) is 6.10 Å². The maximum Gasteiger partial charge on any atom is 0.136 e. The summed E-state index contributed by atoms with van der Waals surface area (Å²) in [5.41, 5.74) is -0.263. The van der Waals surface area contributed by atoms with Gasteiger partial charge in [-0.3, -0.25) is 4.79 Å². The minimum Gasteiger partial charge on any atom is -0.378 e. The molecule has 0 saturated heterocycles. The van der Waals surface area contributed by atoms with E-state index in [1.807, 2.05) is 13.8 Å². The second-order valence-electron chi connectivity index (χ2n) is 8.31. The molecule has 2 heteroatoms. The Balaban J connectivity index is 4.63. The highest BCUT2D eigenvalue weighted by atomic mass is 16.5. The molecule has 20 heavy (non-hydrogen) atoms. The van der Waals surface area contributed by atoms with Crippen LogP contribution >= 0.6 is 0 Å². The molecule has 0 aromatic heterocycles. The summed E-state index contributed by atoms with van der Waals surface area (Å²) in [5, 5.41) is 0. The Bertz CT molecular complexity index is 324. The molecule has 0 aliphatic heterocycles. The monoisotopic (exact) mass is 284 g/mol. The minimum atomic E-state index is -0.375. The number of hydrogen-bond donors (Lipinski definition) is 0. The third-order valence-electron chi connectivity index (χ3n) is 6.18. The summed E-state index contributed by atoms with van der Waals surface area (Å²) in [5.74, 6) is 0.864. The summed E-state index contributed by atoms with van der Waals surface area (Å²) in [4.78, 5) is 11.9. The van der Waals surface area contributed by atoms with Crippen molar-refractivity contribution in [2.24, 2.45) is 22.2 Å². The molecule has 0 saturated carbocycles. The van der Waals surface area contributed by atoms with E-state index in [1.165, 1.54) is 0 Å². The van der Waals surface area contributed by atoms with Crippen LogP contribution in [-0.2, 0) is 9.53 Å². The molecular weight excluding hydrogens is 248 g/mol. The molecule has 0 aliphatic rings. The summed E-state index contributed by atoms with van der Waals surface area (Å²) < 4.78 is 6.08. The number of rotatable bonds is 8. The lowest BCUT2D eigenvalue weighted by Crippen LogP contribution is -2.46. The largest absolute Gasteiger partial charge is 0.378 e. The fourth-order valence-electron chi connectivity index (χ4n) is 1.96. The van der Waals surface area contributed by atoms with E-state index in [2.05, 4.69) is 48.5 Å². The van der Waals surface area contributed by atoms with Crippen LogP contribution in [0.2, 0.25) is 0 Å². The van der Waals surface area contributed by atoms with Gasteiger partial charge >= 0.3 is 0 Å². The summed E-state index contributed by atoms with van der Waals surface area (Å²) >= 11 is 0. The summed E-state index contributed by atoms with van der Waals surface area (Å²) in [7, 11) is 0. The van der Waals surface area contributed by atoms with E-state index in [0.717, 1.165) is 13.0 Å². The molecule has 0 heterocycles. The average molecular weight is 284 g/mol. The lowest BCUT2D eigenvalue weighted by molar-refractivity contribution is -0.140. The summed E-state index contributed by atoms with van der Waals surface area (Å²) in [6, 6.07) is 0. The lowest BCUT2D eigenvalue weighted by atomic mass is 9.63. The van der Waals surface area contributed by atoms with E-state index in [1.54, 1.807) is 6.92 Å². The number of hydrogen-bond acceptors (Lipinski definition) is 2. The van der Waals surface area contributed by atoms with Gasteiger partial charge in [-0.15, -0.1) is 0 Å². The minimum absolute atomic E-state index is 0.0596. The Morgan fingerprint density at radius 1 is 1.00 bits per heavy atom. The number of carbonyl (C=O) groups is 1. The molecule has 0 fully saturated rings. The maximum absolute atomic E-state index is 11.9. The van der Waals surface area contributed by atoms with E-state index < -0.39 is 0 Å². The van der Waals surface area contributed by atoms with Gasteiger partial charge < -0.3 is 4.74 Å². The van der Waals surface area contributed by atoms with Crippen LogP contribution in [0.1, 0.15) is 75.7 Å². The zero-order chi connectivity index (χ0) is 16.4. The molecule has 0 radical (unpaired) electrons. The molecule has 120 valence electrons. The molecule has 0 aromatic rings. The van der Waals surface area contributed by atoms with Crippen LogP contribution < -0.4 is 0 Å². The SMILES string of the molecule is CC(=O)C(C)(C)C(C)(C)C(C)OCCC(C)(C)C(C)C. The average Bonchev–Trinajstić information content (AvgIpc) is 2.27. The normalized spacial score (nSPS) is 15.6. The standard InChI is InChI=1S/C18H36O2/c1-13(2)16(5,6)11-12-20-15(4)18(9,10)17(7,8)14(3)19/h13,15H,11-12H2,1-10H3. The molecule has 1 unspecified atom stereocenters. The molecule has 0 aromatic carbocycles. The van der Waals surface area contributed by atoms with Crippen molar-refractivity contribution in [3.8, 4) is 0 Å². The quantitative estimate of drug-likeness (QED) is 0.619. The van der Waals surface area contributed by atoms with E-state index in [-0.39, 0.29) is 22.7 Å². The van der Waals surface area contributed by atoms with Crippen LogP contribution in [0.3, 0.4) is 0 Å². The number of ether oxygens (including phenoxy) is 1. The van der Waals surface area contributed by atoms with Gasteiger partial charge in [0.25, 0.3) is 0 Å².